The lowest BCUT2D eigenvalue weighted by Crippen LogP contribution is -2.47. The van der Waals surface area contributed by atoms with Crippen molar-refractivity contribution in [3.05, 3.63) is 24.2 Å². The van der Waals surface area contributed by atoms with Crippen LogP contribution in [0.5, 0.6) is 0 Å². The van der Waals surface area contributed by atoms with Gasteiger partial charge in [-0.3, -0.25) is 9.59 Å². The van der Waals surface area contributed by atoms with E-state index in [0.717, 1.165) is 6.42 Å². The Morgan fingerprint density at radius 3 is 2.65 bits per heavy atom. The third kappa shape index (κ3) is 5.91. The lowest BCUT2D eigenvalue weighted by atomic mass is 10.0. The minimum atomic E-state index is -0.482. The van der Waals surface area contributed by atoms with Gasteiger partial charge in [0, 0.05) is 6.42 Å². The van der Waals surface area contributed by atoms with Crippen molar-refractivity contribution in [3.63, 3.8) is 0 Å². The van der Waals surface area contributed by atoms with E-state index in [4.69, 9.17) is 4.42 Å². The average Bonchev–Trinajstić information content (AvgIpc) is 2.88. The van der Waals surface area contributed by atoms with Gasteiger partial charge in [-0.15, -0.1) is 0 Å². The van der Waals surface area contributed by atoms with E-state index in [0.29, 0.717) is 31.1 Å². The molecule has 0 aliphatic rings. The number of carbonyl (C=O) groups is 2. The van der Waals surface area contributed by atoms with E-state index in [1.807, 2.05) is 20.8 Å². The topological polar surface area (TPSA) is 71.3 Å². The van der Waals surface area contributed by atoms with Crippen LogP contribution < -0.4 is 10.6 Å². The Kier molecular flexibility index (Phi) is 6.84. The number of furan rings is 1. The van der Waals surface area contributed by atoms with Crippen LogP contribution in [0.1, 0.15) is 45.8 Å². The number of carbonyl (C=O) groups excluding carboxylic acids is 2. The van der Waals surface area contributed by atoms with E-state index in [1.165, 1.54) is 0 Å². The highest BCUT2D eigenvalue weighted by Gasteiger charge is 2.21. The summed E-state index contributed by atoms with van der Waals surface area (Å²) in [5.41, 5.74) is 0. The molecular formula is C15H24N2O3. The van der Waals surface area contributed by atoms with E-state index in [-0.39, 0.29) is 11.8 Å². The molecule has 1 rings (SSSR count). The molecule has 5 nitrogen and oxygen atoms in total. The van der Waals surface area contributed by atoms with E-state index >= 15 is 0 Å². The molecule has 20 heavy (non-hydrogen) atoms. The first-order chi connectivity index (χ1) is 9.52. The lowest BCUT2D eigenvalue weighted by molar-refractivity contribution is -0.129. The van der Waals surface area contributed by atoms with Gasteiger partial charge >= 0.3 is 0 Å². The van der Waals surface area contributed by atoms with Crippen molar-refractivity contribution in [1.82, 2.24) is 10.6 Å². The monoisotopic (exact) mass is 280 g/mol. The van der Waals surface area contributed by atoms with Crippen molar-refractivity contribution in [2.45, 2.75) is 52.6 Å². The van der Waals surface area contributed by atoms with Crippen LogP contribution in [0.15, 0.2) is 22.8 Å². The molecule has 0 spiro atoms. The normalized spacial score (nSPS) is 12.2. The molecule has 5 heteroatoms. The number of amides is 2. The van der Waals surface area contributed by atoms with Crippen LogP contribution in [-0.2, 0) is 16.1 Å². The first kappa shape index (κ1) is 16.3. The zero-order valence-corrected chi connectivity index (χ0v) is 12.4. The van der Waals surface area contributed by atoms with Crippen LogP contribution in [0.3, 0.4) is 0 Å². The fraction of sp³-hybridized carbons (Fsp3) is 0.600. The summed E-state index contributed by atoms with van der Waals surface area (Å²) in [6.45, 7) is 6.33. The molecule has 0 radical (unpaired) electrons. The highest BCUT2D eigenvalue weighted by atomic mass is 16.3. The number of hydrogen-bond donors (Lipinski definition) is 2. The van der Waals surface area contributed by atoms with E-state index in [1.54, 1.807) is 18.4 Å². The standard InChI is InChI=1S/C15H24N2O3/c1-4-6-14(18)17-13(9-11(2)3)15(19)16-10-12-7-5-8-20-12/h5,7-8,11,13H,4,6,9-10H2,1-3H3,(H,16,19)(H,17,18)/t13-/m1/s1. The summed E-state index contributed by atoms with van der Waals surface area (Å²) in [6, 6.07) is 3.09. The largest absolute Gasteiger partial charge is 0.467 e. The summed E-state index contributed by atoms with van der Waals surface area (Å²) >= 11 is 0. The second-order valence-electron chi connectivity index (χ2n) is 5.30. The second kappa shape index (κ2) is 8.40. The smallest absolute Gasteiger partial charge is 0.242 e. The highest BCUT2D eigenvalue weighted by Crippen LogP contribution is 2.06. The zero-order chi connectivity index (χ0) is 15.0. The van der Waals surface area contributed by atoms with Crippen LogP contribution in [0.2, 0.25) is 0 Å². The summed E-state index contributed by atoms with van der Waals surface area (Å²) in [5.74, 6) is 0.781. The van der Waals surface area contributed by atoms with Gasteiger partial charge < -0.3 is 15.1 Å². The minimum absolute atomic E-state index is 0.0775. The molecule has 0 unspecified atom stereocenters. The molecule has 112 valence electrons. The molecule has 0 saturated carbocycles. The third-order valence-corrected chi connectivity index (χ3v) is 2.85. The number of hydrogen-bond acceptors (Lipinski definition) is 3. The molecule has 1 aromatic rings. The molecule has 1 atom stereocenters. The summed E-state index contributed by atoms with van der Waals surface area (Å²) in [7, 11) is 0. The third-order valence-electron chi connectivity index (χ3n) is 2.85. The van der Waals surface area contributed by atoms with Gasteiger partial charge in [0.05, 0.1) is 12.8 Å². The van der Waals surface area contributed by atoms with Gasteiger partial charge in [0.2, 0.25) is 11.8 Å². The molecule has 0 saturated heterocycles. The quantitative estimate of drug-likeness (QED) is 0.767. The number of nitrogens with one attached hydrogen (secondary N) is 2. The van der Waals surface area contributed by atoms with Crippen molar-refractivity contribution in [2.24, 2.45) is 5.92 Å². The Bertz CT molecular complexity index is 413. The maximum atomic E-state index is 12.1. The summed E-state index contributed by atoms with van der Waals surface area (Å²) in [4.78, 5) is 23.8. The van der Waals surface area contributed by atoms with E-state index < -0.39 is 6.04 Å². The Morgan fingerprint density at radius 1 is 1.35 bits per heavy atom. The Balaban J connectivity index is 2.52. The Hall–Kier alpha value is -1.78. The number of rotatable bonds is 8. The van der Waals surface area contributed by atoms with Gasteiger partial charge in [-0.1, -0.05) is 20.8 Å². The second-order valence-corrected chi connectivity index (χ2v) is 5.30. The maximum Gasteiger partial charge on any atom is 0.242 e. The lowest BCUT2D eigenvalue weighted by Gasteiger charge is -2.19. The summed E-state index contributed by atoms with van der Waals surface area (Å²) in [6.07, 6.45) is 3.41. The molecule has 0 aromatic carbocycles. The highest BCUT2D eigenvalue weighted by molar-refractivity contribution is 5.87. The molecule has 2 N–H and O–H groups in total. The van der Waals surface area contributed by atoms with Crippen molar-refractivity contribution in [3.8, 4) is 0 Å². The predicted molar refractivity (Wildman–Crippen MR) is 76.8 cm³/mol. The van der Waals surface area contributed by atoms with Crippen LogP contribution >= 0.6 is 0 Å². The fourth-order valence-corrected chi connectivity index (χ4v) is 1.91. The summed E-state index contributed by atoms with van der Waals surface area (Å²) < 4.78 is 5.16. The van der Waals surface area contributed by atoms with Crippen molar-refractivity contribution < 1.29 is 14.0 Å². The van der Waals surface area contributed by atoms with Crippen molar-refractivity contribution in [1.29, 1.82) is 0 Å². The first-order valence-corrected chi connectivity index (χ1v) is 7.12. The summed E-state index contributed by atoms with van der Waals surface area (Å²) in [5, 5.41) is 5.59. The molecule has 0 bridgehead atoms. The van der Waals surface area contributed by atoms with Crippen molar-refractivity contribution in [2.75, 3.05) is 0 Å². The molecule has 0 fully saturated rings. The van der Waals surface area contributed by atoms with Gasteiger partial charge in [0.25, 0.3) is 0 Å². The van der Waals surface area contributed by atoms with Gasteiger partial charge in [0.15, 0.2) is 0 Å². The maximum absolute atomic E-state index is 12.1. The molecule has 1 aromatic heterocycles. The van der Waals surface area contributed by atoms with Gasteiger partial charge in [-0.25, -0.2) is 0 Å². The molecule has 2 amide bonds. The zero-order valence-electron chi connectivity index (χ0n) is 12.4. The molecular weight excluding hydrogens is 256 g/mol. The Labute approximate surface area is 120 Å². The van der Waals surface area contributed by atoms with Crippen LogP contribution in [-0.4, -0.2) is 17.9 Å². The van der Waals surface area contributed by atoms with Crippen molar-refractivity contribution >= 4 is 11.8 Å². The van der Waals surface area contributed by atoms with E-state index in [2.05, 4.69) is 10.6 Å². The fourth-order valence-electron chi connectivity index (χ4n) is 1.91. The van der Waals surface area contributed by atoms with Gasteiger partial charge in [-0.2, -0.15) is 0 Å². The predicted octanol–water partition coefficient (Wildman–Crippen LogP) is 2.23. The average molecular weight is 280 g/mol. The molecule has 0 aliphatic heterocycles. The van der Waals surface area contributed by atoms with Gasteiger partial charge in [0.1, 0.15) is 11.8 Å². The van der Waals surface area contributed by atoms with E-state index in [9.17, 15) is 9.59 Å². The molecule has 1 heterocycles. The van der Waals surface area contributed by atoms with Crippen LogP contribution in [0.25, 0.3) is 0 Å². The SMILES string of the molecule is CCCC(=O)N[C@H](CC(C)C)C(=O)NCc1ccco1. The first-order valence-electron chi connectivity index (χ1n) is 7.12. The van der Waals surface area contributed by atoms with Crippen LogP contribution in [0.4, 0.5) is 0 Å². The van der Waals surface area contributed by atoms with Gasteiger partial charge in [-0.05, 0) is 30.9 Å². The Morgan fingerprint density at radius 2 is 2.10 bits per heavy atom. The van der Waals surface area contributed by atoms with Crippen LogP contribution in [0, 0.1) is 5.92 Å². The minimum Gasteiger partial charge on any atom is -0.467 e. The molecule has 0 aliphatic carbocycles.